The van der Waals surface area contributed by atoms with Crippen LogP contribution in [0.4, 0.5) is 0 Å². The van der Waals surface area contributed by atoms with Crippen molar-refractivity contribution in [1.29, 1.82) is 0 Å². The van der Waals surface area contributed by atoms with Gasteiger partial charge in [0, 0.05) is 14.2 Å². The van der Waals surface area contributed by atoms with Crippen LogP contribution >= 0.6 is 0 Å². The average molecular weight is 733 g/mol. The summed E-state index contributed by atoms with van der Waals surface area (Å²) in [6.45, 7) is 4.96. The van der Waals surface area contributed by atoms with Crippen molar-refractivity contribution in [3.63, 3.8) is 0 Å². The van der Waals surface area contributed by atoms with E-state index in [2.05, 4.69) is 13.8 Å². The molecule has 1 fully saturated rings. The summed E-state index contributed by atoms with van der Waals surface area (Å²) in [4.78, 5) is 0. The van der Waals surface area contributed by atoms with Crippen LogP contribution in [-0.2, 0) is 14.2 Å². The zero-order chi connectivity index (χ0) is 38.1. The second kappa shape index (κ2) is 18.3. The second-order valence-electron chi connectivity index (χ2n) is 12.8. The van der Waals surface area contributed by atoms with Crippen LogP contribution in [0.5, 0.6) is 46.0 Å². The molecule has 1 saturated heterocycles. The molecule has 5 rings (SSSR count). The third-order valence-electron chi connectivity index (χ3n) is 10.0. The molecule has 1 aliphatic heterocycles. The molecule has 4 aromatic rings. The van der Waals surface area contributed by atoms with Crippen molar-refractivity contribution in [2.24, 2.45) is 11.8 Å². The highest BCUT2D eigenvalue weighted by Gasteiger charge is 2.41. The molecule has 11 heteroatoms. The lowest BCUT2D eigenvalue weighted by Gasteiger charge is -2.21. The van der Waals surface area contributed by atoms with Gasteiger partial charge in [-0.2, -0.15) is 0 Å². The summed E-state index contributed by atoms with van der Waals surface area (Å²) in [5, 5.41) is 0. The number of rotatable bonds is 18. The molecule has 0 bridgehead atoms. The molecule has 0 amide bonds. The largest absolute Gasteiger partial charge is 0.493 e. The molecule has 0 N–H and O–H groups in total. The molecule has 0 saturated carbocycles. The fourth-order valence-corrected chi connectivity index (χ4v) is 6.72. The zero-order valence-electron chi connectivity index (χ0n) is 32.3. The van der Waals surface area contributed by atoms with E-state index in [0.717, 1.165) is 22.3 Å². The number of hydrogen-bond donors (Lipinski definition) is 0. The molecule has 0 spiro atoms. The van der Waals surface area contributed by atoms with E-state index in [4.69, 9.17) is 52.1 Å². The summed E-state index contributed by atoms with van der Waals surface area (Å²) >= 11 is 0. The van der Waals surface area contributed by atoms with Crippen molar-refractivity contribution in [3.05, 3.63) is 95.1 Å². The van der Waals surface area contributed by atoms with Gasteiger partial charge in [-0.05, 0) is 82.6 Å². The molecule has 0 aliphatic carbocycles. The molecule has 4 aromatic carbocycles. The van der Waals surface area contributed by atoms with E-state index in [0.29, 0.717) is 46.0 Å². The summed E-state index contributed by atoms with van der Waals surface area (Å²) in [7, 11) is 13.0. The first-order valence-corrected chi connectivity index (χ1v) is 17.5. The van der Waals surface area contributed by atoms with Gasteiger partial charge in [0.25, 0.3) is 0 Å². The standard InChI is InChI=1S/C42H52O11/c1-25-26(2)42(30-14-18-34(38(22-30)48-8)52-24-40(50-10)28-12-16-32(44-4)36(20-28)46-6)53-41(25)29-13-17-33(37(21-29)47-7)51-23-39(49-9)27-11-15-31(43-3)35(19-27)45-5/h11-22,25-26,39-42H,23-24H2,1-10H3/t25-,26-,39?,40?,41+,42+/m1/s1. The monoisotopic (exact) mass is 732 g/mol. The molecule has 2 unspecified atom stereocenters. The number of methoxy groups -OCH3 is 8. The molecule has 1 heterocycles. The van der Waals surface area contributed by atoms with Gasteiger partial charge in [-0.1, -0.05) is 38.1 Å². The molecule has 53 heavy (non-hydrogen) atoms. The Morgan fingerprint density at radius 3 is 1.11 bits per heavy atom. The molecule has 286 valence electrons. The quantitative estimate of drug-likeness (QED) is 0.0987. The molecule has 0 aromatic heterocycles. The zero-order valence-corrected chi connectivity index (χ0v) is 32.3. The van der Waals surface area contributed by atoms with Crippen molar-refractivity contribution < 1.29 is 52.1 Å². The van der Waals surface area contributed by atoms with E-state index in [9.17, 15) is 0 Å². The fraction of sp³-hybridized carbons (Fsp3) is 0.429. The van der Waals surface area contributed by atoms with Crippen LogP contribution in [0.25, 0.3) is 0 Å². The van der Waals surface area contributed by atoms with E-state index in [-0.39, 0.29) is 49.5 Å². The van der Waals surface area contributed by atoms with Crippen LogP contribution in [-0.4, -0.2) is 70.1 Å². The maximum absolute atomic E-state index is 6.79. The van der Waals surface area contributed by atoms with Crippen LogP contribution in [0.15, 0.2) is 72.8 Å². The third-order valence-corrected chi connectivity index (χ3v) is 10.0. The van der Waals surface area contributed by atoms with Gasteiger partial charge < -0.3 is 52.1 Å². The highest BCUT2D eigenvalue weighted by molar-refractivity contribution is 5.47. The molecule has 1 aliphatic rings. The van der Waals surface area contributed by atoms with Gasteiger partial charge in [-0.25, -0.2) is 0 Å². The summed E-state index contributed by atoms with van der Waals surface area (Å²) in [5.41, 5.74) is 3.82. The molecular weight excluding hydrogens is 680 g/mol. The van der Waals surface area contributed by atoms with Crippen molar-refractivity contribution in [2.45, 2.75) is 38.3 Å². The number of benzene rings is 4. The smallest absolute Gasteiger partial charge is 0.161 e. The lowest BCUT2D eigenvalue weighted by molar-refractivity contribution is 0.0286. The molecular formula is C42H52O11. The molecule has 11 nitrogen and oxygen atoms in total. The van der Waals surface area contributed by atoms with E-state index in [1.165, 1.54) is 0 Å². The van der Waals surface area contributed by atoms with Crippen molar-refractivity contribution in [1.82, 2.24) is 0 Å². The van der Waals surface area contributed by atoms with Crippen LogP contribution in [0, 0.1) is 11.8 Å². The Balaban J connectivity index is 1.27. The second-order valence-corrected chi connectivity index (χ2v) is 12.8. The highest BCUT2D eigenvalue weighted by Crippen LogP contribution is 2.51. The normalized spacial score (nSPS) is 19.2. The SMILES string of the molecule is COc1ccc(C(COc2ccc([C@H]3O[C@H](c4ccc(OCC(OC)c5ccc(OC)c(OC)c5)c(OC)c4)[C@H](C)[C@H]3C)cc2OC)OC)cc1OC. The Morgan fingerprint density at radius 1 is 0.434 bits per heavy atom. The van der Waals surface area contributed by atoms with Crippen LogP contribution in [0.3, 0.4) is 0 Å². The van der Waals surface area contributed by atoms with E-state index in [1.54, 1.807) is 56.9 Å². The number of hydrogen-bond acceptors (Lipinski definition) is 11. The van der Waals surface area contributed by atoms with E-state index >= 15 is 0 Å². The van der Waals surface area contributed by atoms with Gasteiger partial charge in [0.15, 0.2) is 46.0 Å². The van der Waals surface area contributed by atoms with Crippen LogP contribution in [0.1, 0.15) is 60.5 Å². The lowest BCUT2D eigenvalue weighted by atomic mass is 9.85. The highest BCUT2D eigenvalue weighted by atomic mass is 16.6. The summed E-state index contributed by atoms with van der Waals surface area (Å²) in [6.07, 6.45) is -1.01. The predicted molar refractivity (Wildman–Crippen MR) is 200 cm³/mol. The summed E-state index contributed by atoms with van der Waals surface area (Å²) < 4.78 is 64.1. The summed E-state index contributed by atoms with van der Waals surface area (Å²) in [6, 6.07) is 23.3. The number of ether oxygens (including phenoxy) is 11. The van der Waals surface area contributed by atoms with Gasteiger partial charge in [0.05, 0.1) is 54.9 Å². The predicted octanol–water partition coefficient (Wildman–Crippen LogP) is 8.36. The van der Waals surface area contributed by atoms with Gasteiger partial charge in [-0.3, -0.25) is 0 Å². The van der Waals surface area contributed by atoms with Crippen molar-refractivity contribution in [2.75, 3.05) is 70.1 Å². The third kappa shape index (κ3) is 8.70. The van der Waals surface area contributed by atoms with E-state index < -0.39 is 0 Å². The Morgan fingerprint density at radius 2 is 0.774 bits per heavy atom. The molecule has 0 radical (unpaired) electrons. The maximum Gasteiger partial charge on any atom is 0.161 e. The minimum Gasteiger partial charge on any atom is -0.493 e. The minimum absolute atomic E-state index is 0.165. The van der Waals surface area contributed by atoms with Crippen LogP contribution < -0.4 is 37.9 Å². The van der Waals surface area contributed by atoms with Crippen LogP contribution in [0.2, 0.25) is 0 Å². The Hall–Kier alpha value is -4.84. The van der Waals surface area contributed by atoms with Gasteiger partial charge in [-0.15, -0.1) is 0 Å². The molecule has 6 atom stereocenters. The average Bonchev–Trinajstić information content (AvgIpc) is 3.50. The first kappa shape index (κ1) is 39.4. The first-order chi connectivity index (χ1) is 25.7. The minimum atomic E-state index is -0.341. The maximum atomic E-state index is 6.79. The Kier molecular flexibility index (Phi) is 13.6. The van der Waals surface area contributed by atoms with Crippen molar-refractivity contribution in [3.8, 4) is 46.0 Å². The van der Waals surface area contributed by atoms with Gasteiger partial charge in [0.2, 0.25) is 0 Å². The topological polar surface area (TPSA) is 102 Å². The van der Waals surface area contributed by atoms with E-state index in [1.807, 2.05) is 72.8 Å². The Labute approximate surface area is 312 Å². The first-order valence-electron chi connectivity index (χ1n) is 17.5. The summed E-state index contributed by atoms with van der Waals surface area (Å²) in [5.74, 6) is 5.41. The lowest BCUT2D eigenvalue weighted by Crippen LogP contribution is -2.13. The van der Waals surface area contributed by atoms with Gasteiger partial charge in [0.1, 0.15) is 25.4 Å². The fourth-order valence-electron chi connectivity index (χ4n) is 6.72. The van der Waals surface area contributed by atoms with Crippen molar-refractivity contribution >= 4 is 0 Å². The Bertz CT molecular complexity index is 1660. The van der Waals surface area contributed by atoms with Gasteiger partial charge >= 0.3 is 0 Å².